The smallest absolute Gasteiger partial charge is 0.0575 e. The Bertz CT molecular complexity index is 161. The topological polar surface area (TPSA) is 23.5 Å². The van der Waals surface area contributed by atoms with Crippen molar-refractivity contribution in [3.05, 3.63) is 0 Å². The summed E-state index contributed by atoms with van der Waals surface area (Å²) in [4.78, 5) is 2.49. The molecule has 1 aliphatic carbocycles. The normalized spacial score (nSPS) is 20.8. The number of aliphatic hydroxyl groups is 1. The predicted octanol–water partition coefficient (Wildman–Crippen LogP) is 1.88. The lowest BCUT2D eigenvalue weighted by molar-refractivity contribution is 0.0336. The third-order valence-electron chi connectivity index (χ3n) is 3.21. The van der Waals surface area contributed by atoms with E-state index in [1.165, 1.54) is 12.8 Å². The van der Waals surface area contributed by atoms with Gasteiger partial charge in [0.05, 0.1) is 6.10 Å². The van der Waals surface area contributed by atoms with E-state index in [1.54, 1.807) is 0 Å². The van der Waals surface area contributed by atoms with Gasteiger partial charge in [-0.25, -0.2) is 0 Å². The van der Waals surface area contributed by atoms with Crippen molar-refractivity contribution < 1.29 is 5.11 Å². The Labute approximate surface area is 81.9 Å². The largest absolute Gasteiger partial charge is 0.393 e. The first-order valence-electron chi connectivity index (χ1n) is 5.39. The Balaban J connectivity index is 2.43. The van der Waals surface area contributed by atoms with Crippen molar-refractivity contribution in [3.8, 4) is 0 Å². The van der Waals surface area contributed by atoms with E-state index in [-0.39, 0.29) is 11.5 Å². The number of hydrogen-bond donors (Lipinski definition) is 1. The van der Waals surface area contributed by atoms with E-state index in [9.17, 15) is 5.11 Å². The van der Waals surface area contributed by atoms with E-state index in [0.29, 0.717) is 0 Å². The number of rotatable bonds is 5. The van der Waals surface area contributed by atoms with Gasteiger partial charge in [-0.05, 0) is 26.3 Å². The lowest BCUT2D eigenvalue weighted by Gasteiger charge is -2.34. The van der Waals surface area contributed by atoms with Crippen LogP contribution in [0.2, 0.25) is 0 Å². The predicted molar refractivity (Wildman–Crippen MR) is 55.7 cm³/mol. The minimum absolute atomic E-state index is 0.0264. The SMILES string of the molecule is CCN(CC(C)(C)C(C)O)C1CC1. The summed E-state index contributed by atoms with van der Waals surface area (Å²) < 4.78 is 0. The third kappa shape index (κ3) is 2.96. The molecule has 1 fully saturated rings. The molecule has 0 amide bonds. The van der Waals surface area contributed by atoms with Crippen molar-refractivity contribution in [1.29, 1.82) is 0 Å². The Morgan fingerprint density at radius 2 is 2.00 bits per heavy atom. The molecule has 0 aliphatic heterocycles. The zero-order chi connectivity index (χ0) is 10.1. The summed E-state index contributed by atoms with van der Waals surface area (Å²) in [7, 11) is 0. The molecular weight excluding hydrogens is 162 g/mol. The van der Waals surface area contributed by atoms with Gasteiger partial charge in [-0.3, -0.25) is 0 Å². The molecule has 1 rings (SSSR count). The summed E-state index contributed by atoms with van der Waals surface area (Å²) in [6.45, 7) is 10.5. The lowest BCUT2D eigenvalue weighted by atomic mass is 9.87. The highest BCUT2D eigenvalue weighted by atomic mass is 16.3. The Morgan fingerprint density at radius 1 is 1.46 bits per heavy atom. The van der Waals surface area contributed by atoms with Crippen LogP contribution < -0.4 is 0 Å². The number of aliphatic hydroxyl groups excluding tert-OH is 1. The second-order valence-electron chi connectivity index (χ2n) is 4.96. The van der Waals surface area contributed by atoms with Gasteiger partial charge in [0.2, 0.25) is 0 Å². The lowest BCUT2D eigenvalue weighted by Crippen LogP contribution is -2.41. The molecule has 1 atom stereocenters. The Morgan fingerprint density at radius 3 is 2.31 bits per heavy atom. The van der Waals surface area contributed by atoms with E-state index in [1.807, 2.05) is 6.92 Å². The summed E-state index contributed by atoms with van der Waals surface area (Å²) >= 11 is 0. The standard InChI is InChI=1S/C11H23NO/c1-5-12(10-6-7-10)8-11(3,4)9(2)13/h9-10,13H,5-8H2,1-4H3. The molecule has 1 saturated carbocycles. The van der Waals surface area contributed by atoms with Crippen LogP contribution in [0.5, 0.6) is 0 Å². The van der Waals surface area contributed by atoms with E-state index in [0.717, 1.165) is 19.1 Å². The van der Waals surface area contributed by atoms with Gasteiger partial charge in [-0.15, -0.1) is 0 Å². The Kier molecular flexibility index (Phi) is 3.36. The second kappa shape index (κ2) is 3.97. The summed E-state index contributed by atoms with van der Waals surface area (Å²) in [5, 5.41) is 9.60. The molecule has 0 bridgehead atoms. The Hall–Kier alpha value is -0.0800. The highest BCUT2D eigenvalue weighted by Gasteiger charge is 2.33. The first kappa shape index (κ1) is 11.0. The molecule has 1 N–H and O–H groups in total. The van der Waals surface area contributed by atoms with E-state index in [2.05, 4.69) is 25.7 Å². The highest BCUT2D eigenvalue weighted by Crippen LogP contribution is 2.31. The molecule has 0 radical (unpaired) electrons. The van der Waals surface area contributed by atoms with Gasteiger partial charge in [-0.1, -0.05) is 20.8 Å². The zero-order valence-corrected chi connectivity index (χ0v) is 9.38. The van der Waals surface area contributed by atoms with E-state index in [4.69, 9.17) is 0 Å². The van der Waals surface area contributed by atoms with Crippen LogP contribution in [0.3, 0.4) is 0 Å². The van der Waals surface area contributed by atoms with Crippen LogP contribution in [0.25, 0.3) is 0 Å². The monoisotopic (exact) mass is 185 g/mol. The van der Waals surface area contributed by atoms with Crippen LogP contribution in [0, 0.1) is 5.41 Å². The summed E-state index contributed by atoms with van der Waals surface area (Å²) in [5.41, 5.74) is 0.0264. The first-order valence-corrected chi connectivity index (χ1v) is 5.39. The van der Waals surface area contributed by atoms with Crippen LogP contribution in [0.15, 0.2) is 0 Å². The molecule has 2 nitrogen and oxygen atoms in total. The zero-order valence-electron chi connectivity index (χ0n) is 9.38. The van der Waals surface area contributed by atoms with E-state index < -0.39 is 0 Å². The number of hydrogen-bond acceptors (Lipinski definition) is 2. The van der Waals surface area contributed by atoms with Gasteiger partial charge in [0.15, 0.2) is 0 Å². The van der Waals surface area contributed by atoms with Crippen molar-refractivity contribution >= 4 is 0 Å². The molecule has 13 heavy (non-hydrogen) atoms. The minimum Gasteiger partial charge on any atom is -0.393 e. The molecule has 2 heteroatoms. The first-order chi connectivity index (χ1) is 5.97. The van der Waals surface area contributed by atoms with Crippen molar-refractivity contribution in [2.75, 3.05) is 13.1 Å². The molecule has 78 valence electrons. The van der Waals surface area contributed by atoms with Crippen LogP contribution in [-0.2, 0) is 0 Å². The molecule has 0 aromatic rings. The molecule has 0 aromatic carbocycles. The maximum atomic E-state index is 9.60. The van der Waals surface area contributed by atoms with Crippen LogP contribution in [-0.4, -0.2) is 35.2 Å². The van der Waals surface area contributed by atoms with Crippen LogP contribution >= 0.6 is 0 Å². The average Bonchev–Trinajstić information content (AvgIpc) is 2.82. The van der Waals surface area contributed by atoms with Crippen molar-refractivity contribution in [3.63, 3.8) is 0 Å². The quantitative estimate of drug-likeness (QED) is 0.707. The maximum absolute atomic E-state index is 9.60. The fraction of sp³-hybridized carbons (Fsp3) is 1.00. The maximum Gasteiger partial charge on any atom is 0.0575 e. The van der Waals surface area contributed by atoms with Crippen molar-refractivity contribution in [1.82, 2.24) is 4.90 Å². The molecule has 0 heterocycles. The van der Waals surface area contributed by atoms with Crippen LogP contribution in [0.4, 0.5) is 0 Å². The average molecular weight is 185 g/mol. The van der Waals surface area contributed by atoms with E-state index >= 15 is 0 Å². The summed E-state index contributed by atoms with van der Waals surface area (Å²) in [6, 6.07) is 0.808. The molecular formula is C11H23NO. The van der Waals surface area contributed by atoms with Gasteiger partial charge in [0, 0.05) is 18.0 Å². The second-order valence-corrected chi connectivity index (χ2v) is 4.96. The minimum atomic E-state index is -0.222. The molecule has 1 unspecified atom stereocenters. The van der Waals surface area contributed by atoms with Gasteiger partial charge < -0.3 is 10.0 Å². The molecule has 1 aliphatic rings. The fourth-order valence-corrected chi connectivity index (χ4v) is 1.59. The van der Waals surface area contributed by atoms with Crippen molar-refractivity contribution in [2.24, 2.45) is 5.41 Å². The van der Waals surface area contributed by atoms with Crippen molar-refractivity contribution in [2.45, 2.75) is 52.7 Å². The summed E-state index contributed by atoms with van der Waals surface area (Å²) in [5.74, 6) is 0. The van der Waals surface area contributed by atoms with Gasteiger partial charge in [0.1, 0.15) is 0 Å². The van der Waals surface area contributed by atoms with Gasteiger partial charge in [0.25, 0.3) is 0 Å². The van der Waals surface area contributed by atoms with Crippen LogP contribution in [0.1, 0.15) is 40.5 Å². The van der Waals surface area contributed by atoms with Gasteiger partial charge in [-0.2, -0.15) is 0 Å². The highest BCUT2D eigenvalue weighted by molar-refractivity contribution is 4.88. The van der Waals surface area contributed by atoms with Gasteiger partial charge >= 0.3 is 0 Å². The number of nitrogens with zero attached hydrogens (tertiary/aromatic N) is 1. The summed E-state index contributed by atoms with van der Waals surface area (Å²) in [6.07, 6.45) is 2.48. The molecule has 0 aromatic heterocycles. The third-order valence-corrected chi connectivity index (χ3v) is 3.21. The molecule has 0 saturated heterocycles. The fourth-order valence-electron chi connectivity index (χ4n) is 1.59. The molecule has 0 spiro atoms.